The number of sulfonamides is 1. The predicted octanol–water partition coefficient (Wildman–Crippen LogP) is 4.15. The van der Waals surface area contributed by atoms with Crippen LogP contribution in [0.1, 0.15) is 58.9 Å². The number of carbonyl (C=O) groups excluding carboxylic acids is 1. The number of benzene rings is 1. The molecule has 0 radical (unpaired) electrons. The van der Waals surface area contributed by atoms with Gasteiger partial charge in [-0.15, -0.1) is 0 Å². The van der Waals surface area contributed by atoms with Crippen molar-refractivity contribution in [1.29, 1.82) is 0 Å². The first kappa shape index (κ1) is 23.1. The first-order valence-electron chi connectivity index (χ1n) is 9.67. The number of esters is 1. The lowest BCUT2D eigenvalue weighted by Crippen LogP contribution is -2.35. The minimum Gasteiger partial charge on any atom is -0.458 e. The van der Waals surface area contributed by atoms with E-state index in [9.17, 15) is 13.2 Å². The topological polar surface area (TPSA) is 72.9 Å². The van der Waals surface area contributed by atoms with E-state index in [-0.39, 0.29) is 11.5 Å². The van der Waals surface area contributed by atoms with Crippen LogP contribution >= 0.6 is 11.6 Å². The van der Waals surface area contributed by atoms with Crippen molar-refractivity contribution in [2.24, 2.45) is 0 Å². The lowest BCUT2D eigenvalue weighted by atomic mass is 10.2. The summed E-state index contributed by atoms with van der Waals surface area (Å²) in [5, 5.41) is 0.400. The van der Waals surface area contributed by atoms with E-state index in [4.69, 9.17) is 21.1 Å². The molecule has 0 saturated carbocycles. The van der Waals surface area contributed by atoms with Crippen LogP contribution in [0.2, 0.25) is 5.02 Å². The molecule has 6 nitrogen and oxygen atoms in total. The second-order valence-corrected chi connectivity index (χ2v) is 10.3. The summed E-state index contributed by atoms with van der Waals surface area (Å²) in [6.45, 7) is 8.31. The molecule has 2 rings (SSSR count). The zero-order valence-corrected chi connectivity index (χ0v) is 18.6. The van der Waals surface area contributed by atoms with Crippen LogP contribution in [0.5, 0.6) is 0 Å². The van der Waals surface area contributed by atoms with Crippen LogP contribution in [0.4, 0.5) is 0 Å². The van der Waals surface area contributed by atoms with Gasteiger partial charge in [0.05, 0.1) is 11.5 Å². The zero-order valence-electron chi connectivity index (χ0n) is 17.0. The highest BCUT2D eigenvalue weighted by molar-refractivity contribution is 7.89. The van der Waals surface area contributed by atoms with Gasteiger partial charge < -0.3 is 9.47 Å². The molecule has 0 aromatic heterocycles. The normalized spacial score (nSPS) is 17.3. The van der Waals surface area contributed by atoms with Crippen molar-refractivity contribution in [2.45, 2.75) is 76.6 Å². The maximum Gasteiger partial charge on any atom is 0.335 e. The van der Waals surface area contributed by atoms with Gasteiger partial charge in [-0.25, -0.2) is 13.2 Å². The molecular weight excluding hydrogens is 402 g/mol. The van der Waals surface area contributed by atoms with E-state index in [0.29, 0.717) is 30.1 Å². The van der Waals surface area contributed by atoms with E-state index in [1.807, 2.05) is 6.92 Å². The molecule has 1 atom stereocenters. The number of hydrogen-bond donors (Lipinski definition) is 0. The molecule has 1 aliphatic rings. The molecule has 0 bridgehead atoms. The molecule has 1 aromatic carbocycles. The summed E-state index contributed by atoms with van der Waals surface area (Å²) in [7, 11) is -3.56. The second-order valence-electron chi connectivity index (χ2n) is 7.96. The molecule has 0 aliphatic carbocycles. The molecule has 158 valence electrons. The Morgan fingerprint density at radius 3 is 2.43 bits per heavy atom. The summed E-state index contributed by atoms with van der Waals surface area (Å²) in [5.41, 5.74) is -0.0738. The zero-order chi connectivity index (χ0) is 20.9. The number of nitrogens with zero attached hydrogens (tertiary/aromatic N) is 1. The van der Waals surface area contributed by atoms with E-state index in [2.05, 4.69) is 0 Å². The Hall–Kier alpha value is -1.15. The largest absolute Gasteiger partial charge is 0.458 e. The molecule has 1 saturated heterocycles. The molecule has 0 amide bonds. The van der Waals surface area contributed by atoms with Gasteiger partial charge in [0, 0.05) is 18.1 Å². The van der Waals surface area contributed by atoms with E-state index >= 15 is 0 Å². The molecule has 1 aromatic rings. The quantitative estimate of drug-likeness (QED) is 0.606. The van der Waals surface area contributed by atoms with Crippen LogP contribution in [0.3, 0.4) is 0 Å². The summed E-state index contributed by atoms with van der Waals surface area (Å²) in [6, 6.07) is 4.61. The number of hydrogen-bond acceptors (Lipinski definition) is 5. The molecule has 1 fully saturated rings. The summed E-state index contributed by atoms with van der Waals surface area (Å²) >= 11 is 6.24. The van der Waals surface area contributed by atoms with E-state index in [0.717, 1.165) is 19.3 Å². The minimum atomic E-state index is -3.56. The molecule has 1 heterocycles. The third-order valence-electron chi connectivity index (χ3n) is 4.45. The molecule has 1 aliphatic heterocycles. The third kappa shape index (κ3) is 6.17. The number of carbonyl (C=O) groups is 1. The first-order valence-corrected chi connectivity index (χ1v) is 11.5. The highest BCUT2D eigenvalue weighted by atomic mass is 35.5. The highest BCUT2D eigenvalue weighted by Gasteiger charge is 2.27. The Morgan fingerprint density at radius 2 is 1.86 bits per heavy atom. The standard InChI is InChI=1S/C20H30ClNO5S/c1-5-18(19(23)27-20(2,3)4)26-14-15-13-16(9-10-17(15)21)28(24,25)22-11-7-6-8-12-22/h9-10,13,18H,5-8,11-12,14H2,1-4H3/t18-/m1/s1. The molecular formula is C20H30ClNO5S. The Labute approximate surface area is 173 Å². The molecule has 0 N–H and O–H groups in total. The smallest absolute Gasteiger partial charge is 0.335 e. The van der Waals surface area contributed by atoms with E-state index < -0.39 is 27.7 Å². The molecule has 0 spiro atoms. The van der Waals surface area contributed by atoms with Gasteiger partial charge in [0.1, 0.15) is 5.60 Å². The lowest BCUT2D eigenvalue weighted by Gasteiger charge is -2.26. The maximum absolute atomic E-state index is 12.9. The van der Waals surface area contributed by atoms with Crippen LogP contribution in [-0.4, -0.2) is 43.5 Å². The SMILES string of the molecule is CC[C@@H](OCc1cc(S(=O)(=O)N2CCCCC2)ccc1Cl)C(=O)OC(C)(C)C. The summed E-state index contributed by atoms with van der Waals surface area (Å²) in [4.78, 5) is 12.4. The van der Waals surface area contributed by atoms with Crippen LogP contribution in [0, 0.1) is 0 Å². The van der Waals surface area contributed by atoms with E-state index in [1.54, 1.807) is 26.8 Å². The summed E-state index contributed by atoms with van der Waals surface area (Å²) in [6.07, 6.45) is 2.50. The molecule has 8 heteroatoms. The van der Waals surface area contributed by atoms with Crippen LogP contribution < -0.4 is 0 Å². The molecule has 28 heavy (non-hydrogen) atoms. The molecule has 0 unspecified atom stereocenters. The van der Waals surface area contributed by atoms with Gasteiger partial charge in [-0.3, -0.25) is 0 Å². The monoisotopic (exact) mass is 431 g/mol. The van der Waals surface area contributed by atoms with Crippen LogP contribution in [0.25, 0.3) is 0 Å². The fourth-order valence-electron chi connectivity index (χ4n) is 2.99. The van der Waals surface area contributed by atoms with Crippen molar-refractivity contribution < 1.29 is 22.7 Å². The van der Waals surface area contributed by atoms with E-state index in [1.165, 1.54) is 16.4 Å². The summed E-state index contributed by atoms with van der Waals surface area (Å²) in [5.74, 6) is -0.441. The lowest BCUT2D eigenvalue weighted by molar-refractivity contribution is -0.169. The van der Waals surface area contributed by atoms with Gasteiger partial charge in [-0.05, 0) is 63.8 Å². The van der Waals surface area contributed by atoms with Gasteiger partial charge >= 0.3 is 5.97 Å². The minimum absolute atomic E-state index is 0.0277. The highest BCUT2D eigenvalue weighted by Crippen LogP contribution is 2.26. The predicted molar refractivity (Wildman–Crippen MR) is 109 cm³/mol. The van der Waals surface area contributed by atoms with Gasteiger partial charge in [0.15, 0.2) is 6.10 Å². The number of piperidine rings is 1. The van der Waals surface area contributed by atoms with Crippen LogP contribution in [0.15, 0.2) is 23.1 Å². The van der Waals surface area contributed by atoms with Crippen molar-refractivity contribution in [2.75, 3.05) is 13.1 Å². The summed E-state index contributed by atoms with van der Waals surface area (Å²) < 4.78 is 38.3. The van der Waals surface area contributed by atoms with Gasteiger partial charge in [0.2, 0.25) is 10.0 Å². The van der Waals surface area contributed by atoms with Crippen molar-refractivity contribution in [3.63, 3.8) is 0 Å². The Balaban J connectivity index is 2.13. The van der Waals surface area contributed by atoms with Gasteiger partial charge in [-0.1, -0.05) is 24.9 Å². The second kappa shape index (κ2) is 9.57. The average molecular weight is 432 g/mol. The van der Waals surface area contributed by atoms with Crippen molar-refractivity contribution in [3.05, 3.63) is 28.8 Å². The van der Waals surface area contributed by atoms with Gasteiger partial charge in [-0.2, -0.15) is 4.31 Å². The van der Waals surface area contributed by atoms with Crippen molar-refractivity contribution in [3.8, 4) is 0 Å². The number of rotatable bonds is 7. The Bertz CT molecular complexity index is 782. The third-order valence-corrected chi connectivity index (χ3v) is 6.71. The fourth-order valence-corrected chi connectivity index (χ4v) is 4.73. The van der Waals surface area contributed by atoms with Gasteiger partial charge in [0.25, 0.3) is 0 Å². The maximum atomic E-state index is 12.9. The Kier molecular flexibility index (Phi) is 7.90. The van der Waals surface area contributed by atoms with Crippen molar-refractivity contribution >= 4 is 27.6 Å². The average Bonchev–Trinajstić information content (AvgIpc) is 2.62. The number of ether oxygens (including phenoxy) is 2. The Morgan fingerprint density at radius 1 is 1.21 bits per heavy atom. The van der Waals surface area contributed by atoms with Crippen LogP contribution in [-0.2, 0) is 30.9 Å². The first-order chi connectivity index (χ1) is 13.0. The fraction of sp³-hybridized carbons (Fsp3) is 0.650. The number of halogens is 1. The van der Waals surface area contributed by atoms with Crippen molar-refractivity contribution in [1.82, 2.24) is 4.31 Å².